The standard InChI is InChI=1S/C17H27ClN2O4S/c1-4-25(22,23)20(3)11-6-10-19-17(21)7-5-12-24-15-8-9-16(18)14(2)13-15/h8-9,13H,4-7,10-12H2,1-3H3,(H,19,21). The largest absolute Gasteiger partial charge is 0.494 e. The fraction of sp³-hybridized carbons (Fsp3) is 0.588. The second kappa shape index (κ2) is 10.6. The molecule has 0 aliphatic rings. The molecule has 142 valence electrons. The summed E-state index contributed by atoms with van der Waals surface area (Å²) in [4.78, 5) is 11.7. The molecule has 0 atom stereocenters. The van der Waals surface area contributed by atoms with Crippen molar-refractivity contribution in [2.24, 2.45) is 0 Å². The maximum absolute atomic E-state index is 11.7. The molecule has 1 N–H and O–H groups in total. The molecule has 0 aliphatic carbocycles. The van der Waals surface area contributed by atoms with Crippen molar-refractivity contribution in [1.82, 2.24) is 9.62 Å². The van der Waals surface area contributed by atoms with Crippen LogP contribution in [0.1, 0.15) is 31.7 Å². The van der Waals surface area contributed by atoms with Crippen LogP contribution in [0.5, 0.6) is 5.75 Å². The average Bonchev–Trinajstić information content (AvgIpc) is 2.58. The Bertz CT molecular complexity index is 665. The van der Waals surface area contributed by atoms with Crippen molar-refractivity contribution in [3.8, 4) is 5.75 Å². The van der Waals surface area contributed by atoms with Crippen LogP contribution in [-0.4, -0.2) is 51.1 Å². The Morgan fingerprint density at radius 3 is 2.68 bits per heavy atom. The SMILES string of the molecule is CCS(=O)(=O)N(C)CCCNC(=O)CCCOc1ccc(Cl)c(C)c1. The van der Waals surface area contributed by atoms with Gasteiger partial charge in [-0.25, -0.2) is 12.7 Å². The van der Waals surface area contributed by atoms with Crippen molar-refractivity contribution in [2.75, 3.05) is 32.5 Å². The number of nitrogens with zero attached hydrogens (tertiary/aromatic N) is 1. The average molecular weight is 391 g/mol. The highest BCUT2D eigenvalue weighted by molar-refractivity contribution is 7.89. The highest BCUT2D eigenvalue weighted by Crippen LogP contribution is 2.21. The number of amides is 1. The minimum Gasteiger partial charge on any atom is -0.494 e. The van der Waals surface area contributed by atoms with Crippen molar-refractivity contribution in [3.05, 3.63) is 28.8 Å². The molecule has 0 spiro atoms. The maximum Gasteiger partial charge on any atom is 0.220 e. The molecule has 0 saturated heterocycles. The summed E-state index contributed by atoms with van der Waals surface area (Å²) < 4.78 is 30.1. The highest BCUT2D eigenvalue weighted by atomic mass is 35.5. The first-order valence-corrected chi connectivity index (χ1v) is 10.3. The number of hydrogen-bond donors (Lipinski definition) is 1. The molecule has 0 aromatic heterocycles. The van der Waals surface area contributed by atoms with Gasteiger partial charge in [0.2, 0.25) is 15.9 Å². The first-order chi connectivity index (χ1) is 11.8. The van der Waals surface area contributed by atoms with Crippen LogP contribution in [0.25, 0.3) is 0 Å². The predicted molar refractivity (Wildman–Crippen MR) is 101 cm³/mol. The number of halogens is 1. The summed E-state index contributed by atoms with van der Waals surface area (Å²) in [7, 11) is -1.60. The van der Waals surface area contributed by atoms with Gasteiger partial charge in [0.05, 0.1) is 12.4 Å². The Kier molecular flexibility index (Phi) is 9.24. The van der Waals surface area contributed by atoms with E-state index in [1.54, 1.807) is 26.1 Å². The zero-order valence-corrected chi connectivity index (χ0v) is 16.6. The second-order valence-electron chi connectivity index (χ2n) is 5.79. The highest BCUT2D eigenvalue weighted by Gasteiger charge is 2.14. The summed E-state index contributed by atoms with van der Waals surface area (Å²) in [6.07, 6.45) is 1.56. The lowest BCUT2D eigenvalue weighted by atomic mass is 10.2. The van der Waals surface area contributed by atoms with Crippen molar-refractivity contribution < 1.29 is 17.9 Å². The predicted octanol–water partition coefficient (Wildman–Crippen LogP) is 2.60. The summed E-state index contributed by atoms with van der Waals surface area (Å²) in [5.74, 6) is 0.766. The van der Waals surface area contributed by atoms with Crippen LogP contribution in [0.2, 0.25) is 5.02 Å². The van der Waals surface area contributed by atoms with Gasteiger partial charge >= 0.3 is 0 Å². The molecular weight excluding hydrogens is 364 g/mol. The molecule has 0 saturated carbocycles. The van der Waals surface area contributed by atoms with Gasteiger partial charge in [-0.05, 0) is 50.5 Å². The molecule has 0 unspecified atom stereocenters. The van der Waals surface area contributed by atoms with Crippen LogP contribution >= 0.6 is 11.6 Å². The van der Waals surface area contributed by atoms with Crippen molar-refractivity contribution >= 4 is 27.5 Å². The lowest BCUT2D eigenvalue weighted by molar-refractivity contribution is -0.121. The van der Waals surface area contributed by atoms with E-state index in [9.17, 15) is 13.2 Å². The quantitative estimate of drug-likeness (QED) is 0.589. The molecule has 1 aromatic rings. The van der Waals surface area contributed by atoms with Gasteiger partial charge in [0.25, 0.3) is 0 Å². The number of sulfonamides is 1. The topological polar surface area (TPSA) is 75.7 Å². The second-order valence-corrected chi connectivity index (χ2v) is 8.56. The maximum atomic E-state index is 11.7. The van der Waals surface area contributed by atoms with E-state index < -0.39 is 10.0 Å². The zero-order chi connectivity index (χ0) is 18.9. The first-order valence-electron chi connectivity index (χ1n) is 8.36. The minimum absolute atomic E-state index is 0.0584. The molecule has 1 rings (SSSR count). The number of hydrogen-bond acceptors (Lipinski definition) is 4. The molecule has 8 heteroatoms. The van der Waals surface area contributed by atoms with E-state index in [1.165, 1.54) is 4.31 Å². The summed E-state index contributed by atoms with van der Waals surface area (Å²) in [6, 6.07) is 5.45. The van der Waals surface area contributed by atoms with Gasteiger partial charge in [-0.3, -0.25) is 4.79 Å². The summed E-state index contributed by atoms with van der Waals surface area (Å²) in [5, 5.41) is 3.49. The van der Waals surface area contributed by atoms with E-state index in [-0.39, 0.29) is 11.7 Å². The smallest absolute Gasteiger partial charge is 0.220 e. The Morgan fingerprint density at radius 1 is 1.32 bits per heavy atom. The number of aryl methyl sites for hydroxylation is 1. The van der Waals surface area contributed by atoms with Crippen LogP contribution in [0, 0.1) is 6.92 Å². The molecule has 0 heterocycles. The third-order valence-electron chi connectivity index (χ3n) is 3.76. The number of nitrogens with one attached hydrogen (secondary N) is 1. The molecule has 0 fully saturated rings. The van der Waals surface area contributed by atoms with E-state index in [2.05, 4.69) is 5.32 Å². The van der Waals surface area contributed by atoms with E-state index in [1.807, 2.05) is 13.0 Å². The third kappa shape index (κ3) is 8.07. The van der Waals surface area contributed by atoms with Gasteiger partial charge in [0.1, 0.15) is 5.75 Å². The van der Waals surface area contributed by atoms with Gasteiger partial charge in [-0.1, -0.05) is 11.6 Å². The molecule has 0 bridgehead atoms. The van der Waals surface area contributed by atoms with Crippen LogP contribution in [0.4, 0.5) is 0 Å². The van der Waals surface area contributed by atoms with Gasteiger partial charge in [-0.15, -0.1) is 0 Å². The summed E-state index contributed by atoms with van der Waals surface area (Å²) in [5.41, 5.74) is 0.951. The molecule has 1 amide bonds. The molecule has 1 aromatic carbocycles. The van der Waals surface area contributed by atoms with Gasteiger partial charge in [0, 0.05) is 31.6 Å². The number of benzene rings is 1. The Morgan fingerprint density at radius 2 is 2.04 bits per heavy atom. The first kappa shape index (κ1) is 21.7. The number of rotatable bonds is 11. The normalized spacial score (nSPS) is 11.6. The van der Waals surface area contributed by atoms with Gasteiger partial charge in [-0.2, -0.15) is 0 Å². The number of ether oxygens (including phenoxy) is 1. The van der Waals surface area contributed by atoms with E-state index >= 15 is 0 Å². The molecule has 0 aliphatic heterocycles. The summed E-state index contributed by atoms with van der Waals surface area (Å²) >= 11 is 5.95. The van der Waals surface area contributed by atoms with Crippen molar-refractivity contribution in [2.45, 2.75) is 33.1 Å². The lowest BCUT2D eigenvalue weighted by Gasteiger charge is -2.15. The third-order valence-corrected chi connectivity index (χ3v) is 6.04. The summed E-state index contributed by atoms with van der Waals surface area (Å²) in [6.45, 7) is 4.83. The van der Waals surface area contributed by atoms with E-state index in [4.69, 9.17) is 16.3 Å². The number of carbonyl (C=O) groups excluding carboxylic acids is 1. The molecule has 25 heavy (non-hydrogen) atoms. The van der Waals surface area contributed by atoms with E-state index in [0.29, 0.717) is 44.0 Å². The lowest BCUT2D eigenvalue weighted by Crippen LogP contribution is -2.32. The molecule has 6 nitrogen and oxygen atoms in total. The van der Waals surface area contributed by atoms with Crippen molar-refractivity contribution in [1.29, 1.82) is 0 Å². The Hall–Kier alpha value is -1.31. The Labute approximate surface area is 155 Å². The zero-order valence-electron chi connectivity index (χ0n) is 15.0. The Balaban J connectivity index is 2.14. The van der Waals surface area contributed by atoms with Crippen LogP contribution in [0.15, 0.2) is 18.2 Å². The van der Waals surface area contributed by atoms with Crippen LogP contribution < -0.4 is 10.1 Å². The molecular formula is C17H27ClN2O4S. The fourth-order valence-corrected chi connectivity index (χ4v) is 3.07. The monoisotopic (exact) mass is 390 g/mol. The fourth-order valence-electron chi connectivity index (χ4n) is 2.11. The van der Waals surface area contributed by atoms with Gasteiger partial charge < -0.3 is 10.1 Å². The van der Waals surface area contributed by atoms with Crippen molar-refractivity contribution in [3.63, 3.8) is 0 Å². The minimum atomic E-state index is -3.15. The number of carbonyl (C=O) groups is 1. The van der Waals surface area contributed by atoms with Gasteiger partial charge in [0.15, 0.2) is 0 Å². The van der Waals surface area contributed by atoms with Crippen LogP contribution in [-0.2, 0) is 14.8 Å². The van der Waals surface area contributed by atoms with E-state index in [0.717, 1.165) is 11.3 Å². The van der Waals surface area contributed by atoms with Crippen LogP contribution in [0.3, 0.4) is 0 Å². The molecule has 0 radical (unpaired) electrons.